The molecule has 0 saturated carbocycles. The zero-order chi connectivity index (χ0) is 13.9. The first kappa shape index (κ1) is 13.0. The van der Waals surface area contributed by atoms with E-state index in [0.717, 1.165) is 21.3 Å². The van der Waals surface area contributed by atoms with Crippen LogP contribution in [0.4, 0.5) is 5.69 Å². The smallest absolute Gasteiger partial charge is 0.163 e. The first-order valence-electron chi connectivity index (χ1n) is 6.28. The molecule has 0 radical (unpaired) electrons. The lowest BCUT2D eigenvalue weighted by atomic mass is 10.2. The number of fused-ring (bicyclic) bond motifs is 1. The van der Waals surface area contributed by atoms with Gasteiger partial charge in [-0.25, -0.2) is 0 Å². The number of benzene rings is 2. The molecule has 1 heterocycles. The van der Waals surface area contributed by atoms with Crippen LogP contribution in [0.3, 0.4) is 0 Å². The van der Waals surface area contributed by atoms with Crippen LogP contribution < -0.4 is 19.9 Å². The minimum absolute atomic E-state index is 0.561. The minimum Gasteiger partial charge on any atom is -0.496 e. The molecule has 4 nitrogen and oxygen atoms in total. The fourth-order valence-electron chi connectivity index (χ4n) is 2.00. The highest BCUT2D eigenvalue weighted by molar-refractivity contribution is 7.99. The molecule has 0 aromatic heterocycles. The minimum atomic E-state index is 0.561. The van der Waals surface area contributed by atoms with Crippen LogP contribution in [-0.2, 0) is 0 Å². The van der Waals surface area contributed by atoms with Crippen molar-refractivity contribution in [1.82, 2.24) is 0 Å². The van der Waals surface area contributed by atoms with E-state index < -0.39 is 0 Å². The van der Waals surface area contributed by atoms with Crippen LogP contribution in [-0.4, -0.2) is 20.3 Å². The largest absolute Gasteiger partial charge is 0.496 e. The van der Waals surface area contributed by atoms with E-state index in [2.05, 4.69) is 0 Å². The summed E-state index contributed by atoms with van der Waals surface area (Å²) in [6.07, 6.45) is 0. The molecule has 104 valence electrons. The predicted octanol–water partition coefficient (Wildman–Crippen LogP) is 3.20. The van der Waals surface area contributed by atoms with Crippen LogP contribution in [0.5, 0.6) is 17.2 Å². The summed E-state index contributed by atoms with van der Waals surface area (Å²) in [6, 6.07) is 11.6. The Bertz CT molecular complexity index is 631. The molecule has 1 aliphatic rings. The lowest BCUT2D eigenvalue weighted by molar-refractivity contribution is 0.171. The number of para-hydroxylation sites is 1. The third-order valence-corrected chi connectivity index (χ3v) is 4.09. The van der Waals surface area contributed by atoms with Crippen molar-refractivity contribution in [2.45, 2.75) is 9.79 Å². The number of hydrogen-bond acceptors (Lipinski definition) is 5. The van der Waals surface area contributed by atoms with Crippen molar-refractivity contribution >= 4 is 17.4 Å². The van der Waals surface area contributed by atoms with Crippen LogP contribution in [0.25, 0.3) is 0 Å². The predicted molar refractivity (Wildman–Crippen MR) is 79.0 cm³/mol. The van der Waals surface area contributed by atoms with E-state index in [9.17, 15) is 0 Å². The summed E-state index contributed by atoms with van der Waals surface area (Å²) < 4.78 is 16.5. The summed E-state index contributed by atoms with van der Waals surface area (Å²) in [5.41, 5.74) is 6.76. The molecule has 0 aliphatic carbocycles. The first-order valence-corrected chi connectivity index (χ1v) is 7.09. The van der Waals surface area contributed by atoms with Gasteiger partial charge in [0.05, 0.1) is 12.0 Å². The Balaban J connectivity index is 1.94. The number of methoxy groups -OCH3 is 1. The monoisotopic (exact) mass is 289 g/mol. The average molecular weight is 289 g/mol. The van der Waals surface area contributed by atoms with Crippen molar-refractivity contribution in [2.75, 3.05) is 26.1 Å². The van der Waals surface area contributed by atoms with Crippen molar-refractivity contribution in [3.8, 4) is 17.2 Å². The molecule has 0 bridgehead atoms. The van der Waals surface area contributed by atoms with Crippen LogP contribution in [0.2, 0.25) is 0 Å². The van der Waals surface area contributed by atoms with Gasteiger partial charge in [0.2, 0.25) is 0 Å². The first-order chi connectivity index (χ1) is 9.78. The summed E-state index contributed by atoms with van der Waals surface area (Å²) in [6.45, 7) is 1.13. The van der Waals surface area contributed by atoms with Crippen molar-refractivity contribution in [3.05, 3.63) is 36.4 Å². The van der Waals surface area contributed by atoms with Gasteiger partial charge in [-0.05, 0) is 12.1 Å². The van der Waals surface area contributed by atoms with E-state index in [-0.39, 0.29) is 0 Å². The normalized spacial score (nSPS) is 13.1. The van der Waals surface area contributed by atoms with Gasteiger partial charge >= 0.3 is 0 Å². The fourth-order valence-corrected chi connectivity index (χ4v) is 2.97. The molecular weight excluding hydrogens is 274 g/mol. The maximum Gasteiger partial charge on any atom is 0.163 e. The molecule has 2 aromatic carbocycles. The summed E-state index contributed by atoms with van der Waals surface area (Å²) in [4.78, 5) is 1.94. The van der Waals surface area contributed by atoms with Gasteiger partial charge < -0.3 is 19.9 Å². The Labute approximate surface area is 121 Å². The van der Waals surface area contributed by atoms with Gasteiger partial charge in [-0.2, -0.15) is 0 Å². The van der Waals surface area contributed by atoms with Gasteiger partial charge in [-0.1, -0.05) is 23.9 Å². The Morgan fingerprint density at radius 2 is 1.75 bits per heavy atom. The highest BCUT2D eigenvalue weighted by Gasteiger charge is 2.16. The van der Waals surface area contributed by atoms with E-state index in [0.29, 0.717) is 24.7 Å². The van der Waals surface area contributed by atoms with Crippen molar-refractivity contribution < 1.29 is 14.2 Å². The van der Waals surface area contributed by atoms with Crippen molar-refractivity contribution in [3.63, 3.8) is 0 Å². The quantitative estimate of drug-likeness (QED) is 0.879. The Hall–Kier alpha value is -2.01. The molecular formula is C15H15NO3S. The van der Waals surface area contributed by atoms with Crippen LogP contribution in [0.1, 0.15) is 0 Å². The third kappa shape index (κ3) is 2.49. The molecule has 0 unspecified atom stereocenters. The lowest BCUT2D eigenvalue weighted by Crippen LogP contribution is -2.15. The molecule has 5 heteroatoms. The standard InChI is InChI=1S/C15H15NO3S/c1-17-11-4-2-3-5-14(11)20-15-9-13-12(8-10(15)16)18-6-7-19-13/h2-5,8-9H,6-7,16H2,1H3. The molecule has 0 saturated heterocycles. The van der Waals surface area contributed by atoms with Gasteiger partial charge in [0.25, 0.3) is 0 Å². The number of nitrogen functional groups attached to an aromatic ring is 1. The summed E-state index contributed by atoms with van der Waals surface area (Å²) >= 11 is 1.55. The van der Waals surface area contributed by atoms with E-state index in [1.165, 1.54) is 0 Å². The van der Waals surface area contributed by atoms with Crippen molar-refractivity contribution in [2.24, 2.45) is 0 Å². The molecule has 2 N–H and O–H groups in total. The maximum atomic E-state index is 6.09. The highest BCUT2D eigenvalue weighted by atomic mass is 32.2. The molecule has 0 spiro atoms. The number of ether oxygens (including phenoxy) is 3. The zero-order valence-corrected chi connectivity index (χ0v) is 11.9. The average Bonchev–Trinajstić information content (AvgIpc) is 2.48. The zero-order valence-electron chi connectivity index (χ0n) is 11.1. The topological polar surface area (TPSA) is 53.7 Å². The SMILES string of the molecule is COc1ccccc1Sc1cc2c(cc1N)OCCO2. The third-order valence-electron chi connectivity index (χ3n) is 2.96. The molecule has 3 rings (SSSR count). The van der Waals surface area contributed by atoms with Crippen LogP contribution >= 0.6 is 11.8 Å². The van der Waals surface area contributed by atoms with Crippen LogP contribution in [0.15, 0.2) is 46.2 Å². The second-order valence-corrected chi connectivity index (χ2v) is 5.37. The van der Waals surface area contributed by atoms with E-state index in [1.807, 2.05) is 36.4 Å². The highest BCUT2D eigenvalue weighted by Crippen LogP contribution is 2.43. The van der Waals surface area contributed by atoms with E-state index >= 15 is 0 Å². The second kappa shape index (κ2) is 5.54. The van der Waals surface area contributed by atoms with E-state index in [1.54, 1.807) is 18.9 Å². The summed E-state index contributed by atoms with van der Waals surface area (Å²) in [7, 11) is 1.66. The molecule has 2 aromatic rings. The maximum absolute atomic E-state index is 6.09. The number of hydrogen-bond donors (Lipinski definition) is 1. The summed E-state index contributed by atoms with van der Waals surface area (Å²) in [5.74, 6) is 2.27. The Kier molecular flexibility index (Phi) is 3.60. The molecule has 1 aliphatic heterocycles. The number of nitrogens with two attached hydrogens (primary N) is 1. The summed E-state index contributed by atoms with van der Waals surface area (Å²) in [5, 5.41) is 0. The number of anilines is 1. The molecule has 0 atom stereocenters. The Morgan fingerprint density at radius 3 is 2.50 bits per heavy atom. The van der Waals surface area contributed by atoms with Crippen LogP contribution in [0, 0.1) is 0 Å². The van der Waals surface area contributed by atoms with E-state index in [4.69, 9.17) is 19.9 Å². The van der Waals surface area contributed by atoms with Gasteiger partial charge in [0.1, 0.15) is 19.0 Å². The van der Waals surface area contributed by atoms with Gasteiger partial charge in [0.15, 0.2) is 11.5 Å². The number of rotatable bonds is 3. The van der Waals surface area contributed by atoms with Gasteiger partial charge in [-0.3, -0.25) is 0 Å². The molecule has 20 heavy (non-hydrogen) atoms. The molecule has 0 fully saturated rings. The second-order valence-electron chi connectivity index (χ2n) is 4.29. The lowest BCUT2D eigenvalue weighted by Gasteiger charge is -2.20. The van der Waals surface area contributed by atoms with Gasteiger partial charge in [0, 0.05) is 22.7 Å². The van der Waals surface area contributed by atoms with Gasteiger partial charge in [-0.15, -0.1) is 0 Å². The molecule has 0 amide bonds. The Morgan fingerprint density at radius 1 is 1.05 bits per heavy atom. The fraction of sp³-hybridized carbons (Fsp3) is 0.200. The van der Waals surface area contributed by atoms with Crippen molar-refractivity contribution in [1.29, 1.82) is 0 Å².